The van der Waals surface area contributed by atoms with Crippen molar-refractivity contribution in [2.24, 2.45) is 5.41 Å². The third kappa shape index (κ3) is 5.43. The van der Waals surface area contributed by atoms with Crippen molar-refractivity contribution in [1.82, 2.24) is 10.6 Å². The van der Waals surface area contributed by atoms with Gasteiger partial charge in [0.25, 0.3) is 0 Å². The first kappa shape index (κ1) is 17.6. The quantitative estimate of drug-likeness (QED) is 0.689. The number of hydrogen-bond acceptors (Lipinski definition) is 3. The van der Waals surface area contributed by atoms with Crippen molar-refractivity contribution in [3.05, 3.63) is 29.8 Å². The molecule has 0 aromatic heterocycles. The SMILES string of the molecule is CCC1(CNC(=O)NCC(O)c2cccc(OC(C)C)c2)CC1. The van der Waals surface area contributed by atoms with E-state index in [1.165, 1.54) is 12.8 Å². The van der Waals surface area contributed by atoms with E-state index in [1.54, 1.807) is 6.07 Å². The molecule has 5 heteroatoms. The molecule has 1 saturated carbocycles. The van der Waals surface area contributed by atoms with E-state index in [0.29, 0.717) is 12.0 Å². The van der Waals surface area contributed by atoms with E-state index >= 15 is 0 Å². The van der Waals surface area contributed by atoms with E-state index < -0.39 is 6.10 Å². The van der Waals surface area contributed by atoms with Crippen LogP contribution in [0.2, 0.25) is 0 Å². The molecule has 5 nitrogen and oxygen atoms in total. The number of rotatable bonds is 8. The monoisotopic (exact) mass is 320 g/mol. The minimum absolute atomic E-state index is 0.0830. The summed E-state index contributed by atoms with van der Waals surface area (Å²) in [4.78, 5) is 11.8. The lowest BCUT2D eigenvalue weighted by molar-refractivity contribution is 0.171. The number of amides is 2. The Morgan fingerprint density at radius 1 is 1.35 bits per heavy atom. The van der Waals surface area contributed by atoms with Crippen LogP contribution in [-0.4, -0.2) is 30.3 Å². The van der Waals surface area contributed by atoms with Gasteiger partial charge in [-0.05, 0) is 56.2 Å². The number of carbonyl (C=O) groups is 1. The fourth-order valence-electron chi connectivity index (χ4n) is 2.54. The topological polar surface area (TPSA) is 70.6 Å². The number of aliphatic hydroxyl groups excluding tert-OH is 1. The molecule has 2 rings (SSSR count). The van der Waals surface area contributed by atoms with Crippen molar-refractivity contribution in [2.45, 2.75) is 52.2 Å². The molecule has 1 fully saturated rings. The Morgan fingerprint density at radius 3 is 2.70 bits per heavy atom. The Labute approximate surface area is 138 Å². The Bertz CT molecular complexity index is 527. The summed E-state index contributed by atoms with van der Waals surface area (Å²) in [7, 11) is 0. The van der Waals surface area contributed by atoms with Gasteiger partial charge in [0.05, 0.1) is 12.2 Å². The van der Waals surface area contributed by atoms with Gasteiger partial charge in [-0.15, -0.1) is 0 Å². The van der Waals surface area contributed by atoms with E-state index in [0.717, 1.165) is 17.7 Å². The van der Waals surface area contributed by atoms with Crippen molar-refractivity contribution in [1.29, 1.82) is 0 Å². The zero-order chi connectivity index (χ0) is 16.9. The molecular formula is C18H28N2O3. The molecule has 23 heavy (non-hydrogen) atoms. The standard InChI is InChI=1S/C18H28N2O3/c1-4-18(8-9-18)12-20-17(22)19-11-16(21)14-6-5-7-15(10-14)23-13(2)3/h5-7,10,13,16,21H,4,8-9,11-12H2,1-3H3,(H2,19,20,22). The molecule has 128 valence electrons. The van der Waals surface area contributed by atoms with Gasteiger partial charge in [-0.25, -0.2) is 4.79 Å². The zero-order valence-corrected chi connectivity index (χ0v) is 14.3. The summed E-state index contributed by atoms with van der Waals surface area (Å²) in [6.45, 7) is 6.96. The van der Waals surface area contributed by atoms with Crippen LogP contribution in [0.4, 0.5) is 4.79 Å². The summed E-state index contributed by atoms with van der Waals surface area (Å²) < 4.78 is 5.62. The summed E-state index contributed by atoms with van der Waals surface area (Å²) in [6, 6.07) is 7.11. The predicted molar refractivity (Wildman–Crippen MR) is 90.5 cm³/mol. The Morgan fingerprint density at radius 2 is 2.09 bits per heavy atom. The highest BCUT2D eigenvalue weighted by molar-refractivity contribution is 5.73. The first-order chi connectivity index (χ1) is 10.9. The van der Waals surface area contributed by atoms with Crippen LogP contribution in [0.25, 0.3) is 0 Å². The van der Waals surface area contributed by atoms with Crippen molar-refractivity contribution in [3.8, 4) is 5.75 Å². The molecule has 0 spiro atoms. The molecule has 1 aromatic carbocycles. The average Bonchev–Trinajstić information content (AvgIpc) is 3.31. The molecule has 0 bridgehead atoms. The Hall–Kier alpha value is -1.75. The lowest BCUT2D eigenvalue weighted by Crippen LogP contribution is -2.40. The van der Waals surface area contributed by atoms with Crippen molar-refractivity contribution >= 4 is 6.03 Å². The van der Waals surface area contributed by atoms with Gasteiger partial charge in [-0.2, -0.15) is 0 Å². The van der Waals surface area contributed by atoms with Crippen molar-refractivity contribution < 1.29 is 14.6 Å². The Balaban J connectivity index is 1.77. The van der Waals surface area contributed by atoms with Crippen LogP contribution in [0.1, 0.15) is 51.7 Å². The molecule has 1 unspecified atom stereocenters. The van der Waals surface area contributed by atoms with E-state index in [2.05, 4.69) is 17.6 Å². The smallest absolute Gasteiger partial charge is 0.314 e. The summed E-state index contributed by atoms with van der Waals surface area (Å²) >= 11 is 0. The van der Waals surface area contributed by atoms with E-state index in [4.69, 9.17) is 4.74 Å². The molecule has 2 amide bonds. The van der Waals surface area contributed by atoms with Crippen LogP contribution in [0.5, 0.6) is 5.75 Å². The average molecular weight is 320 g/mol. The number of carbonyl (C=O) groups excluding carboxylic acids is 1. The molecule has 1 atom stereocenters. The van der Waals surface area contributed by atoms with Gasteiger partial charge >= 0.3 is 6.03 Å². The molecule has 0 saturated heterocycles. The van der Waals surface area contributed by atoms with Crippen molar-refractivity contribution in [2.75, 3.05) is 13.1 Å². The normalized spacial score (nSPS) is 16.7. The maximum absolute atomic E-state index is 11.8. The second-order valence-corrected chi connectivity index (χ2v) is 6.67. The predicted octanol–water partition coefficient (Wildman–Crippen LogP) is 3.00. The molecule has 0 aliphatic heterocycles. The highest BCUT2D eigenvalue weighted by Crippen LogP contribution is 2.47. The van der Waals surface area contributed by atoms with Gasteiger partial charge in [-0.1, -0.05) is 19.1 Å². The van der Waals surface area contributed by atoms with Crippen molar-refractivity contribution in [3.63, 3.8) is 0 Å². The van der Waals surface area contributed by atoms with Crippen LogP contribution in [0.3, 0.4) is 0 Å². The number of ether oxygens (including phenoxy) is 1. The summed E-state index contributed by atoms with van der Waals surface area (Å²) in [6.07, 6.45) is 2.81. The maximum atomic E-state index is 11.8. The lowest BCUT2D eigenvalue weighted by Gasteiger charge is -2.17. The number of urea groups is 1. The fourth-order valence-corrected chi connectivity index (χ4v) is 2.54. The highest BCUT2D eigenvalue weighted by atomic mass is 16.5. The third-order valence-corrected chi connectivity index (χ3v) is 4.40. The molecule has 1 aliphatic rings. The second kappa shape index (κ2) is 7.68. The van der Waals surface area contributed by atoms with Gasteiger partial charge in [-0.3, -0.25) is 0 Å². The molecule has 3 N–H and O–H groups in total. The zero-order valence-electron chi connectivity index (χ0n) is 14.3. The van der Waals surface area contributed by atoms with E-state index in [1.807, 2.05) is 32.0 Å². The van der Waals surface area contributed by atoms with Crippen LogP contribution in [-0.2, 0) is 0 Å². The Kier molecular flexibility index (Phi) is 5.88. The van der Waals surface area contributed by atoms with Gasteiger partial charge < -0.3 is 20.5 Å². The third-order valence-electron chi connectivity index (χ3n) is 4.40. The largest absolute Gasteiger partial charge is 0.491 e. The van der Waals surface area contributed by atoms with Gasteiger partial charge in [0, 0.05) is 13.1 Å². The van der Waals surface area contributed by atoms with Crippen LogP contribution < -0.4 is 15.4 Å². The number of hydrogen-bond donors (Lipinski definition) is 3. The molecule has 1 aliphatic carbocycles. The number of aliphatic hydroxyl groups is 1. The van der Waals surface area contributed by atoms with Crippen LogP contribution >= 0.6 is 0 Å². The minimum atomic E-state index is -0.752. The minimum Gasteiger partial charge on any atom is -0.491 e. The second-order valence-electron chi connectivity index (χ2n) is 6.67. The van der Waals surface area contributed by atoms with E-state index in [9.17, 15) is 9.90 Å². The highest BCUT2D eigenvalue weighted by Gasteiger charge is 2.40. The summed E-state index contributed by atoms with van der Waals surface area (Å²) in [5.74, 6) is 0.722. The first-order valence-corrected chi connectivity index (χ1v) is 8.40. The summed E-state index contributed by atoms with van der Waals surface area (Å²) in [5, 5.41) is 15.8. The molecular weight excluding hydrogens is 292 g/mol. The van der Waals surface area contributed by atoms with Crippen LogP contribution in [0.15, 0.2) is 24.3 Å². The first-order valence-electron chi connectivity index (χ1n) is 8.40. The maximum Gasteiger partial charge on any atom is 0.314 e. The van der Waals surface area contributed by atoms with E-state index in [-0.39, 0.29) is 18.7 Å². The fraction of sp³-hybridized carbons (Fsp3) is 0.611. The molecule has 0 heterocycles. The molecule has 0 radical (unpaired) electrons. The van der Waals surface area contributed by atoms with Gasteiger partial charge in [0.1, 0.15) is 5.75 Å². The van der Waals surface area contributed by atoms with Gasteiger partial charge in [0.2, 0.25) is 0 Å². The number of nitrogens with one attached hydrogen (secondary N) is 2. The van der Waals surface area contributed by atoms with Gasteiger partial charge in [0.15, 0.2) is 0 Å². The van der Waals surface area contributed by atoms with Crippen LogP contribution in [0, 0.1) is 5.41 Å². The molecule has 1 aromatic rings. The lowest BCUT2D eigenvalue weighted by atomic mass is 10.0. The summed E-state index contributed by atoms with van der Waals surface area (Å²) in [5.41, 5.74) is 1.05. The number of benzene rings is 1.